The van der Waals surface area contributed by atoms with Crippen LogP contribution >= 0.6 is 0 Å². The molecule has 0 aromatic carbocycles. The molecule has 11 atom stereocenters. The van der Waals surface area contributed by atoms with Gasteiger partial charge in [-0.15, -0.1) is 0 Å². The number of aliphatic hydroxyl groups excluding tert-OH is 6. The third-order valence-electron chi connectivity index (χ3n) is 5.62. The van der Waals surface area contributed by atoms with E-state index in [1.807, 2.05) is 0 Å². The van der Waals surface area contributed by atoms with Gasteiger partial charge in [-0.05, 0) is 6.08 Å². The van der Waals surface area contributed by atoms with Gasteiger partial charge < -0.3 is 49.6 Å². The van der Waals surface area contributed by atoms with Crippen LogP contribution in [0.1, 0.15) is 0 Å². The molecule has 1 aliphatic carbocycles. The van der Waals surface area contributed by atoms with Gasteiger partial charge in [-0.1, -0.05) is 0 Å². The second-order valence-corrected chi connectivity index (χ2v) is 6.91. The molecule has 25 heavy (non-hydrogen) atoms. The van der Waals surface area contributed by atoms with E-state index in [-0.39, 0.29) is 12.5 Å². The van der Waals surface area contributed by atoms with Gasteiger partial charge in [0.25, 0.3) is 0 Å². The SMILES string of the molecule is OC[C@@H]1O[C@H](O[C@@H]2OC=C[C@@H]3[C@H](O)[C@H]4O[C@]4(CO)[C@@H]23)[C@@H](O)[C@H](O)[C@H]1O. The lowest BCUT2D eigenvalue weighted by molar-refractivity contribution is -0.344. The van der Waals surface area contributed by atoms with Crippen molar-refractivity contribution in [2.45, 2.75) is 54.8 Å². The van der Waals surface area contributed by atoms with Gasteiger partial charge in [0, 0.05) is 5.92 Å². The highest BCUT2D eigenvalue weighted by atomic mass is 16.8. The molecule has 6 N–H and O–H groups in total. The molecule has 2 saturated heterocycles. The van der Waals surface area contributed by atoms with Crippen LogP contribution in [-0.2, 0) is 18.9 Å². The second kappa shape index (κ2) is 6.12. The fraction of sp³-hybridized carbons (Fsp3) is 0.867. The second-order valence-electron chi connectivity index (χ2n) is 6.91. The van der Waals surface area contributed by atoms with Gasteiger partial charge >= 0.3 is 0 Å². The average Bonchev–Trinajstić information content (AvgIpc) is 3.31. The van der Waals surface area contributed by atoms with Crippen molar-refractivity contribution < 1.29 is 49.6 Å². The lowest BCUT2D eigenvalue weighted by Gasteiger charge is -2.43. The van der Waals surface area contributed by atoms with Crippen molar-refractivity contribution in [2.24, 2.45) is 11.8 Å². The van der Waals surface area contributed by atoms with E-state index in [0.29, 0.717) is 0 Å². The van der Waals surface area contributed by atoms with E-state index in [0.717, 1.165) is 0 Å². The number of rotatable bonds is 4. The third kappa shape index (κ3) is 2.45. The largest absolute Gasteiger partial charge is 0.472 e. The highest BCUT2D eigenvalue weighted by molar-refractivity contribution is 5.24. The van der Waals surface area contributed by atoms with Crippen molar-refractivity contribution in [2.75, 3.05) is 13.2 Å². The van der Waals surface area contributed by atoms with E-state index in [9.17, 15) is 30.6 Å². The van der Waals surface area contributed by atoms with Gasteiger partial charge in [0.2, 0.25) is 6.29 Å². The molecule has 1 saturated carbocycles. The first kappa shape index (κ1) is 17.6. The van der Waals surface area contributed by atoms with Crippen LogP contribution in [0, 0.1) is 11.8 Å². The number of fused-ring (bicyclic) bond motifs is 3. The zero-order valence-electron chi connectivity index (χ0n) is 13.2. The predicted octanol–water partition coefficient (Wildman–Crippen LogP) is -3.59. The summed E-state index contributed by atoms with van der Waals surface area (Å²) in [5.41, 5.74) is -0.992. The summed E-state index contributed by atoms with van der Waals surface area (Å²) in [5.74, 6) is -0.913. The van der Waals surface area contributed by atoms with Crippen LogP contribution in [0.4, 0.5) is 0 Å². The van der Waals surface area contributed by atoms with Crippen molar-refractivity contribution in [1.82, 2.24) is 0 Å². The van der Waals surface area contributed by atoms with E-state index in [1.54, 1.807) is 6.08 Å². The van der Waals surface area contributed by atoms with E-state index in [1.165, 1.54) is 6.26 Å². The molecule has 3 heterocycles. The maximum atomic E-state index is 10.3. The fourth-order valence-corrected chi connectivity index (χ4v) is 4.17. The van der Waals surface area contributed by atoms with Gasteiger partial charge in [0.15, 0.2) is 6.29 Å². The van der Waals surface area contributed by atoms with Crippen LogP contribution in [0.5, 0.6) is 0 Å². The molecule has 142 valence electrons. The summed E-state index contributed by atoms with van der Waals surface area (Å²) < 4.78 is 21.9. The first-order chi connectivity index (χ1) is 11.9. The van der Waals surface area contributed by atoms with Gasteiger partial charge in [-0.25, -0.2) is 0 Å². The Morgan fingerprint density at radius 1 is 0.960 bits per heavy atom. The Morgan fingerprint density at radius 2 is 1.72 bits per heavy atom. The molecule has 0 spiro atoms. The topological polar surface area (TPSA) is 162 Å². The number of epoxide rings is 1. The Balaban J connectivity index is 1.53. The van der Waals surface area contributed by atoms with Gasteiger partial charge in [0.05, 0.1) is 31.5 Å². The molecule has 0 amide bonds. The van der Waals surface area contributed by atoms with Crippen LogP contribution in [0.15, 0.2) is 12.3 Å². The zero-order chi connectivity index (χ0) is 17.9. The monoisotopic (exact) mass is 362 g/mol. The Labute approximate surface area is 142 Å². The van der Waals surface area contributed by atoms with Gasteiger partial charge in [-0.3, -0.25) is 0 Å². The summed E-state index contributed by atoms with van der Waals surface area (Å²) in [6.45, 7) is -0.908. The molecule has 10 heteroatoms. The summed E-state index contributed by atoms with van der Waals surface area (Å²) in [7, 11) is 0. The molecular formula is C15H22O10. The lowest BCUT2D eigenvalue weighted by atomic mass is 9.85. The molecular weight excluding hydrogens is 340 g/mol. The number of hydrogen-bond acceptors (Lipinski definition) is 10. The van der Waals surface area contributed by atoms with E-state index in [4.69, 9.17) is 18.9 Å². The normalized spacial score (nSPS) is 56.9. The molecule has 0 aromatic heterocycles. The van der Waals surface area contributed by atoms with Crippen LogP contribution in [0.3, 0.4) is 0 Å². The van der Waals surface area contributed by atoms with E-state index < -0.39 is 67.3 Å². The standard InChI is InChI=1S/C15H22O10/c16-3-6-9(19)10(20)11(21)14(23-6)24-13-7-5(1-2-22-13)8(18)12-15(7,4-17)25-12/h1-2,5-14,16-21H,3-4H2/t5-,6-,7+,8-,9-,10+,11-,12+,13-,14+,15+/m0/s1. The Hall–Kier alpha value is -0.820. The summed E-state index contributed by atoms with van der Waals surface area (Å²) >= 11 is 0. The fourth-order valence-electron chi connectivity index (χ4n) is 4.17. The van der Waals surface area contributed by atoms with Crippen molar-refractivity contribution in [3.8, 4) is 0 Å². The van der Waals surface area contributed by atoms with Crippen molar-refractivity contribution in [1.29, 1.82) is 0 Å². The van der Waals surface area contributed by atoms with Crippen LogP contribution in [0.25, 0.3) is 0 Å². The van der Waals surface area contributed by atoms with Crippen LogP contribution in [0.2, 0.25) is 0 Å². The average molecular weight is 362 g/mol. The van der Waals surface area contributed by atoms with E-state index in [2.05, 4.69) is 0 Å². The predicted molar refractivity (Wildman–Crippen MR) is 76.5 cm³/mol. The Bertz CT molecular complexity index is 540. The van der Waals surface area contributed by atoms with Crippen molar-refractivity contribution >= 4 is 0 Å². The molecule has 0 unspecified atom stereocenters. The molecule has 10 nitrogen and oxygen atoms in total. The van der Waals surface area contributed by atoms with Crippen molar-refractivity contribution in [3.63, 3.8) is 0 Å². The molecule has 3 fully saturated rings. The highest BCUT2D eigenvalue weighted by Gasteiger charge is 2.75. The molecule has 4 aliphatic rings. The van der Waals surface area contributed by atoms with Crippen LogP contribution < -0.4 is 0 Å². The molecule has 0 aromatic rings. The van der Waals surface area contributed by atoms with Crippen molar-refractivity contribution in [3.05, 3.63) is 12.3 Å². The molecule has 0 radical (unpaired) electrons. The quantitative estimate of drug-likeness (QED) is 0.276. The van der Waals surface area contributed by atoms with Gasteiger partial charge in [0.1, 0.15) is 36.1 Å². The highest BCUT2D eigenvalue weighted by Crippen LogP contribution is 2.59. The number of aliphatic hydroxyl groups is 6. The maximum Gasteiger partial charge on any atom is 0.208 e. The molecule has 4 rings (SSSR count). The summed E-state index contributed by atoms with van der Waals surface area (Å²) in [6.07, 6.45) is -6.47. The number of hydrogen-bond donors (Lipinski definition) is 6. The van der Waals surface area contributed by atoms with Crippen LogP contribution in [-0.4, -0.2) is 98.7 Å². The first-order valence-corrected chi connectivity index (χ1v) is 8.19. The first-order valence-electron chi connectivity index (χ1n) is 8.19. The molecule has 0 bridgehead atoms. The minimum Gasteiger partial charge on any atom is -0.472 e. The minimum atomic E-state index is -1.57. The third-order valence-corrected chi connectivity index (χ3v) is 5.62. The van der Waals surface area contributed by atoms with Gasteiger partial charge in [-0.2, -0.15) is 0 Å². The lowest BCUT2D eigenvalue weighted by Crippen LogP contribution is -2.60. The summed E-state index contributed by atoms with van der Waals surface area (Å²) in [6, 6.07) is 0. The van der Waals surface area contributed by atoms with E-state index >= 15 is 0 Å². The molecule has 3 aliphatic heterocycles. The Kier molecular flexibility index (Phi) is 4.30. The maximum absolute atomic E-state index is 10.3. The zero-order valence-corrected chi connectivity index (χ0v) is 13.2. The minimum absolute atomic E-state index is 0.332. The Morgan fingerprint density at radius 3 is 2.40 bits per heavy atom. The summed E-state index contributed by atoms with van der Waals surface area (Å²) in [4.78, 5) is 0. The smallest absolute Gasteiger partial charge is 0.208 e. The summed E-state index contributed by atoms with van der Waals surface area (Å²) in [5, 5.41) is 59.0. The number of ether oxygens (including phenoxy) is 4.